The first-order valence-corrected chi connectivity index (χ1v) is 11.8. The van der Waals surface area contributed by atoms with E-state index < -0.39 is 0 Å². The van der Waals surface area contributed by atoms with Crippen molar-refractivity contribution in [2.45, 2.75) is 12.2 Å². The van der Waals surface area contributed by atoms with E-state index in [-0.39, 0.29) is 12.2 Å². The van der Waals surface area contributed by atoms with Crippen LogP contribution in [0.2, 0.25) is 0 Å². The van der Waals surface area contributed by atoms with Crippen LogP contribution in [0.4, 0.5) is 0 Å². The minimum atomic E-state index is 0.0587. The second-order valence-electron chi connectivity index (χ2n) is 7.89. The lowest BCUT2D eigenvalue weighted by atomic mass is 10.2. The van der Waals surface area contributed by atoms with Gasteiger partial charge in [0.15, 0.2) is 23.0 Å². The number of hydrogen-bond donors (Lipinski definition) is 0. The molecule has 0 amide bonds. The number of hydrogen-bond acceptors (Lipinski definition) is 6. The SMILES string of the molecule is Brc1ccc2c(c1)OC(CN1CCN(CC3COc4ccc(Br)cc4O3)CC1)CO2. The second-order valence-corrected chi connectivity index (χ2v) is 9.72. The van der Waals surface area contributed by atoms with Gasteiger partial charge in [0, 0.05) is 48.2 Å². The summed E-state index contributed by atoms with van der Waals surface area (Å²) < 4.78 is 26.1. The molecule has 3 aliphatic heterocycles. The average Bonchev–Trinajstić information content (AvgIpc) is 2.74. The first kappa shape index (κ1) is 20.4. The number of benzene rings is 2. The molecule has 160 valence electrons. The van der Waals surface area contributed by atoms with Gasteiger partial charge in [0.25, 0.3) is 0 Å². The highest BCUT2D eigenvalue weighted by Crippen LogP contribution is 2.35. The summed E-state index contributed by atoms with van der Waals surface area (Å²) in [5, 5.41) is 0. The summed E-state index contributed by atoms with van der Waals surface area (Å²) in [6.07, 6.45) is 0.117. The first-order chi connectivity index (χ1) is 14.6. The predicted octanol–water partition coefficient (Wildman–Crippen LogP) is 3.81. The standard InChI is InChI=1S/C22H24Br2N2O4/c23-15-1-3-19-21(9-15)29-17(13-27-19)11-25-5-7-26(8-6-25)12-18-14-28-20-4-2-16(24)10-22(20)30-18/h1-4,9-10,17-18H,5-8,11-14H2. The molecule has 2 aromatic carbocycles. The maximum absolute atomic E-state index is 6.16. The van der Waals surface area contributed by atoms with Crippen LogP contribution in [0.5, 0.6) is 23.0 Å². The topological polar surface area (TPSA) is 43.4 Å². The van der Waals surface area contributed by atoms with Crippen molar-refractivity contribution in [1.29, 1.82) is 0 Å². The Bertz CT molecular complexity index is 831. The van der Waals surface area contributed by atoms with Crippen LogP contribution in [-0.4, -0.2) is 74.5 Å². The lowest BCUT2D eigenvalue weighted by Gasteiger charge is -2.39. The highest BCUT2D eigenvalue weighted by atomic mass is 79.9. The van der Waals surface area contributed by atoms with Gasteiger partial charge in [0.1, 0.15) is 25.4 Å². The summed E-state index contributed by atoms with van der Waals surface area (Å²) in [4.78, 5) is 4.91. The predicted molar refractivity (Wildman–Crippen MR) is 121 cm³/mol. The number of fused-ring (bicyclic) bond motifs is 2. The van der Waals surface area contributed by atoms with Crippen molar-refractivity contribution in [1.82, 2.24) is 9.80 Å². The monoisotopic (exact) mass is 538 g/mol. The van der Waals surface area contributed by atoms with Gasteiger partial charge in [-0.15, -0.1) is 0 Å². The summed E-state index contributed by atoms with van der Waals surface area (Å²) in [7, 11) is 0. The van der Waals surface area contributed by atoms with Gasteiger partial charge in [-0.3, -0.25) is 9.80 Å². The van der Waals surface area contributed by atoms with E-state index in [9.17, 15) is 0 Å². The summed E-state index contributed by atoms with van der Waals surface area (Å²) >= 11 is 6.99. The van der Waals surface area contributed by atoms with Crippen molar-refractivity contribution in [2.24, 2.45) is 0 Å². The van der Waals surface area contributed by atoms with Gasteiger partial charge in [-0.2, -0.15) is 0 Å². The molecule has 0 radical (unpaired) electrons. The molecule has 30 heavy (non-hydrogen) atoms. The van der Waals surface area contributed by atoms with E-state index in [1.807, 2.05) is 36.4 Å². The summed E-state index contributed by atoms with van der Waals surface area (Å²) in [5.74, 6) is 3.28. The van der Waals surface area contributed by atoms with Crippen LogP contribution in [0, 0.1) is 0 Å². The van der Waals surface area contributed by atoms with Crippen molar-refractivity contribution < 1.29 is 18.9 Å². The van der Waals surface area contributed by atoms with E-state index in [1.54, 1.807) is 0 Å². The van der Waals surface area contributed by atoms with Crippen molar-refractivity contribution in [3.8, 4) is 23.0 Å². The molecule has 8 heteroatoms. The summed E-state index contributed by atoms with van der Waals surface area (Å²) in [6.45, 7) is 7.01. The molecule has 6 nitrogen and oxygen atoms in total. The molecular weight excluding hydrogens is 516 g/mol. The Labute approximate surface area is 193 Å². The van der Waals surface area contributed by atoms with Crippen molar-refractivity contribution >= 4 is 31.9 Å². The van der Waals surface area contributed by atoms with E-state index in [4.69, 9.17) is 18.9 Å². The molecule has 2 atom stereocenters. The van der Waals surface area contributed by atoms with Crippen molar-refractivity contribution in [3.05, 3.63) is 45.3 Å². The van der Waals surface area contributed by atoms with Gasteiger partial charge < -0.3 is 18.9 Å². The van der Waals surface area contributed by atoms with Gasteiger partial charge in [-0.1, -0.05) is 31.9 Å². The highest BCUT2D eigenvalue weighted by Gasteiger charge is 2.28. The molecule has 1 fully saturated rings. The Balaban J connectivity index is 1.09. The molecule has 1 saturated heterocycles. The van der Waals surface area contributed by atoms with Crippen molar-refractivity contribution in [2.75, 3.05) is 52.5 Å². The number of halogens is 2. The quantitative estimate of drug-likeness (QED) is 0.588. The Morgan fingerprint density at radius 3 is 1.53 bits per heavy atom. The number of nitrogens with zero attached hydrogens (tertiary/aromatic N) is 2. The third-order valence-corrected chi connectivity index (χ3v) is 6.62. The Morgan fingerprint density at radius 2 is 1.10 bits per heavy atom. The minimum absolute atomic E-state index is 0.0587. The largest absolute Gasteiger partial charge is 0.486 e. The zero-order valence-electron chi connectivity index (χ0n) is 16.6. The normalized spacial score (nSPS) is 23.9. The Morgan fingerprint density at radius 1 is 0.667 bits per heavy atom. The fourth-order valence-electron chi connectivity index (χ4n) is 4.09. The van der Waals surface area contributed by atoms with Gasteiger partial charge in [-0.05, 0) is 36.4 Å². The third kappa shape index (κ3) is 4.72. The molecule has 2 unspecified atom stereocenters. The minimum Gasteiger partial charge on any atom is -0.486 e. The maximum atomic E-state index is 6.16. The van der Waals surface area contributed by atoms with E-state index in [0.29, 0.717) is 13.2 Å². The summed E-state index contributed by atoms with van der Waals surface area (Å²) in [5.41, 5.74) is 0. The lowest BCUT2D eigenvalue weighted by molar-refractivity contribution is 0.0200. The third-order valence-electron chi connectivity index (χ3n) is 5.64. The average molecular weight is 540 g/mol. The highest BCUT2D eigenvalue weighted by molar-refractivity contribution is 9.10. The second kappa shape index (κ2) is 8.94. The molecule has 3 aliphatic rings. The zero-order chi connectivity index (χ0) is 20.5. The van der Waals surface area contributed by atoms with E-state index in [1.165, 1.54) is 0 Å². The molecule has 5 rings (SSSR count). The number of ether oxygens (including phenoxy) is 4. The fourth-order valence-corrected chi connectivity index (χ4v) is 4.77. The van der Waals surface area contributed by atoms with Gasteiger partial charge in [-0.25, -0.2) is 0 Å². The van der Waals surface area contributed by atoms with Crippen LogP contribution in [0.25, 0.3) is 0 Å². The van der Waals surface area contributed by atoms with Crippen LogP contribution in [0.15, 0.2) is 45.3 Å². The smallest absolute Gasteiger partial charge is 0.162 e. The van der Waals surface area contributed by atoms with Crippen LogP contribution >= 0.6 is 31.9 Å². The van der Waals surface area contributed by atoms with E-state index in [0.717, 1.165) is 71.2 Å². The number of rotatable bonds is 4. The Kier molecular flexibility index (Phi) is 6.09. The zero-order valence-corrected chi connectivity index (χ0v) is 19.7. The van der Waals surface area contributed by atoms with Crippen LogP contribution in [0.1, 0.15) is 0 Å². The molecule has 3 heterocycles. The summed E-state index contributed by atoms with van der Waals surface area (Å²) in [6, 6.07) is 11.8. The molecule has 0 bridgehead atoms. The molecule has 2 aromatic rings. The molecule has 0 saturated carbocycles. The number of piperazine rings is 1. The fraction of sp³-hybridized carbons (Fsp3) is 0.455. The molecule has 0 aromatic heterocycles. The lowest BCUT2D eigenvalue weighted by Crippen LogP contribution is -2.53. The van der Waals surface area contributed by atoms with E-state index in [2.05, 4.69) is 41.7 Å². The van der Waals surface area contributed by atoms with Gasteiger partial charge >= 0.3 is 0 Å². The van der Waals surface area contributed by atoms with Gasteiger partial charge in [0.2, 0.25) is 0 Å². The van der Waals surface area contributed by atoms with Crippen LogP contribution in [-0.2, 0) is 0 Å². The van der Waals surface area contributed by atoms with Crippen LogP contribution in [0.3, 0.4) is 0 Å². The Hall–Kier alpha value is -1.48. The maximum Gasteiger partial charge on any atom is 0.162 e. The molecular formula is C22H24Br2N2O4. The molecule has 0 N–H and O–H groups in total. The van der Waals surface area contributed by atoms with Crippen LogP contribution < -0.4 is 18.9 Å². The van der Waals surface area contributed by atoms with Crippen molar-refractivity contribution in [3.63, 3.8) is 0 Å². The molecule has 0 aliphatic carbocycles. The molecule has 0 spiro atoms. The first-order valence-electron chi connectivity index (χ1n) is 10.2. The van der Waals surface area contributed by atoms with E-state index >= 15 is 0 Å². The van der Waals surface area contributed by atoms with Gasteiger partial charge in [0.05, 0.1) is 0 Å².